The van der Waals surface area contributed by atoms with Gasteiger partial charge in [-0.25, -0.2) is 0 Å². The summed E-state index contributed by atoms with van der Waals surface area (Å²) < 4.78 is 53.2. The Morgan fingerprint density at radius 2 is 1.06 bits per heavy atom. The summed E-state index contributed by atoms with van der Waals surface area (Å²) in [5.41, 5.74) is -0.317. The smallest absolute Gasteiger partial charge is 0.246 e. The number of ketones is 1. The Labute approximate surface area is 386 Å². The van der Waals surface area contributed by atoms with Crippen LogP contribution in [0.3, 0.4) is 0 Å². The predicted octanol–water partition coefficient (Wildman–Crippen LogP) is 0.990. The van der Waals surface area contributed by atoms with Gasteiger partial charge in [-0.1, -0.05) is 33.1 Å². The molecule has 0 heterocycles. The van der Waals surface area contributed by atoms with Crippen LogP contribution >= 0.6 is 6.49 Å². The van der Waals surface area contributed by atoms with Crippen LogP contribution in [-0.4, -0.2) is 199 Å². The van der Waals surface area contributed by atoms with Crippen molar-refractivity contribution >= 4 is 47.7 Å². The summed E-state index contributed by atoms with van der Waals surface area (Å²) in [6.45, 7) is 4.95. The van der Waals surface area contributed by atoms with Gasteiger partial charge >= 0.3 is 0 Å². The maximum atomic E-state index is 14.3. The number of rotatable bonds is 41. The minimum absolute atomic E-state index is 0. The number of hydrogen-bond acceptors (Lipinski definition) is 17. The molecule has 4 amide bonds. The summed E-state index contributed by atoms with van der Waals surface area (Å²) in [7, 11) is 4.74. The van der Waals surface area contributed by atoms with Gasteiger partial charge in [-0.3, -0.25) is 24.0 Å². The average Bonchev–Trinajstić information content (AvgIpc) is 3.25. The van der Waals surface area contributed by atoms with Gasteiger partial charge in [0, 0.05) is 59.8 Å². The van der Waals surface area contributed by atoms with Crippen molar-refractivity contribution in [3.63, 3.8) is 0 Å². The van der Waals surface area contributed by atoms with Gasteiger partial charge in [-0.2, -0.15) is 0 Å². The molecule has 0 aliphatic heterocycles. The lowest BCUT2D eigenvalue weighted by Crippen LogP contribution is -2.54. The summed E-state index contributed by atoms with van der Waals surface area (Å²) in [4.78, 5) is 81.3. The fourth-order valence-electron chi connectivity index (χ4n) is 5.92. The van der Waals surface area contributed by atoms with Gasteiger partial charge in [-0.15, -0.1) is 0 Å². The van der Waals surface area contributed by atoms with Crippen molar-refractivity contribution in [1.29, 1.82) is 0 Å². The normalized spacial score (nSPS) is 16.4. The summed E-state index contributed by atoms with van der Waals surface area (Å²) in [5.74, 6) is -2.87. The number of methoxy groups -OCH3 is 3. The van der Waals surface area contributed by atoms with Crippen molar-refractivity contribution in [2.24, 2.45) is 5.92 Å². The number of amides is 4. The van der Waals surface area contributed by atoms with Crippen LogP contribution in [0.1, 0.15) is 72.6 Å². The number of Topliss-reactive ketones (excluding diaryl/α,β-unsaturated/α-hetero) is 1. The third kappa shape index (κ3) is 31.6. The van der Waals surface area contributed by atoms with Crippen LogP contribution in [0.5, 0.6) is 0 Å². The molecule has 20 nitrogen and oxygen atoms in total. The summed E-state index contributed by atoms with van der Waals surface area (Å²) in [5, 5.41) is 8.24. The molecule has 0 aromatic rings. The zero-order chi connectivity index (χ0) is 46.6. The monoisotopic (exact) mass is 960 g/mol. The van der Waals surface area contributed by atoms with E-state index >= 15 is 0 Å². The van der Waals surface area contributed by atoms with Crippen LogP contribution in [0.15, 0.2) is 0 Å². The molecule has 0 radical (unpaired) electrons. The molecule has 0 aromatic carbocycles. The molecular formula is C42H80N4O16PS-. The van der Waals surface area contributed by atoms with Crippen molar-refractivity contribution < 1.29 is 76.0 Å². The lowest BCUT2D eigenvalue weighted by molar-refractivity contribution is -0.189. The van der Waals surface area contributed by atoms with Gasteiger partial charge in [0.15, 0.2) is 0 Å². The second kappa shape index (κ2) is 39.9. The number of ether oxygens (including phenoxy) is 9. The molecule has 1 rings (SSSR count). The van der Waals surface area contributed by atoms with Crippen LogP contribution in [0.4, 0.5) is 0 Å². The average molecular weight is 960 g/mol. The minimum atomic E-state index is -3.23. The zero-order valence-corrected chi connectivity index (χ0v) is 39.9. The maximum Gasteiger partial charge on any atom is 0.246 e. The molecule has 64 heavy (non-hydrogen) atoms. The Morgan fingerprint density at radius 3 is 1.50 bits per heavy atom. The van der Waals surface area contributed by atoms with Gasteiger partial charge in [-0.05, 0) is 50.7 Å². The van der Waals surface area contributed by atoms with E-state index in [9.17, 15) is 28.9 Å². The second-order valence-electron chi connectivity index (χ2n) is 15.0. The minimum Gasteiger partial charge on any atom is -0.800 e. The first-order chi connectivity index (χ1) is 30.3. The molecule has 1 aliphatic carbocycles. The standard InChI is InChI=1S/C41H77N4O16PS.CH4/c1-33(2)62(51,63)61-36-11-8-34(9-12-36)40(49)44-37(13-10-35(46)7-6-16-55-25-28-58-22-19-52-3)41(50)45(31-38(47)42-14-17-56-26-29-59-23-20-53-4)32-39(48)43-15-18-57-27-30-60-24-21-54-5;/h33-34,36-37H,6-32H2,1-5H3,(H,42,47)(H,43,48)(H,44,49)(H,51,63);1H4/p-1. The molecule has 0 saturated heterocycles. The summed E-state index contributed by atoms with van der Waals surface area (Å²) in [6.07, 6.45) is 1.87. The van der Waals surface area contributed by atoms with E-state index in [1.54, 1.807) is 35.2 Å². The van der Waals surface area contributed by atoms with Crippen molar-refractivity contribution in [3.05, 3.63) is 0 Å². The zero-order valence-electron chi connectivity index (χ0n) is 38.2. The SMILES string of the molecule is C.COCCOCCOCCCC(=O)CCC(NC(=O)C1CCC(OP([O-])(=S)C(C)C)CC1)C(=O)N(CC(=O)NCCOCCOCCOC)CC(=O)NCCOCCOCCOC. The third-order valence-corrected chi connectivity index (χ3v) is 13.0. The number of carbonyl (C=O) groups excluding carboxylic acids is 5. The van der Waals surface area contributed by atoms with Gasteiger partial charge in [0.25, 0.3) is 0 Å². The molecule has 376 valence electrons. The van der Waals surface area contributed by atoms with Gasteiger partial charge in [0.1, 0.15) is 24.9 Å². The summed E-state index contributed by atoms with van der Waals surface area (Å²) in [6, 6.07) is -1.23. The lowest BCUT2D eigenvalue weighted by atomic mass is 9.86. The number of carbonyl (C=O) groups is 5. The maximum absolute atomic E-state index is 14.3. The Kier molecular flexibility index (Phi) is 38.5. The molecule has 1 aliphatic rings. The topological polar surface area (TPSA) is 240 Å². The van der Waals surface area contributed by atoms with E-state index < -0.39 is 55.2 Å². The second-order valence-corrected chi connectivity index (χ2v) is 18.9. The van der Waals surface area contributed by atoms with Crippen LogP contribution in [0.25, 0.3) is 0 Å². The van der Waals surface area contributed by atoms with Crippen LogP contribution in [-0.2, 0) is 82.9 Å². The largest absolute Gasteiger partial charge is 0.800 e. The highest BCUT2D eigenvalue weighted by molar-refractivity contribution is 8.09. The van der Waals surface area contributed by atoms with Crippen molar-refractivity contribution in [2.45, 2.75) is 90.4 Å². The van der Waals surface area contributed by atoms with E-state index in [1.165, 1.54) is 0 Å². The first-order valence-corrected chi connectivity index (χ1v) is 24.6. The van der Waals surface area contributed by atoms with Crippen molar-refractivity contribution in [3.8, 4) is 0 Å². The quantitative estimate of drug-likeness (QED) is 0.0572. The molecule has 3 N–H and O–H groups in total. The van der Waals surface area contributed by atoms with E-state index in [2.05, 4.69) is 16.0 Å². The van der Waals surface area contributed by atoms with E-state index in [0.717, 1.165) is 4.90 Å². The van der Waals surface area contributed by atoms with Crippen LogP contribution in [0, 0.1) is 5.92 Å². The number of hydrogen-bond donors (Lipinski definition) is 3. The molecule has 2 atom stereocenters. The van der Waals surface area contributed by atoms with E-state index in [1.807, 2.05) is 0 Å². The highest BCUT2D eigenvalue weighted by Gasteiger charge is 2.33. The molecule has 0 aromatic heterocycles. The van der Waals surface area contributed by atoms with Crippen LogP contribution < -0.4 is 20.8 Å². The van der Waals surface area contributed by atoms with Crippen molar-refractivity contribution in [2.75, 3.05) is 147 Å². The Hall–Kier alpha value is -2.24. The Balaban J connectivity index is 0.0000397. The first kappa shape index (κ1) is 61.8. The lowest BCUT2D eigenvalue weighted by Gasteiger charge is -2.38. The van der Waals surface area contributed by atoms with Crippen LogP contribution in [0.2, 0.25) is 0 Å². The molecule has 1 fully saturated rings. The fraction of sp³-hybridized carbons (Fsp3) is 0.881. The van der Waals surface area contributed by atoms with Gasteiger partial charge in [0.05, 0.1) is 98.6 Å². The molecule has 1 saturated carbocycles. The molecular weight excluding hydrogens is 880 g/mol. The number of nitrogens with one attached hydrogen (secondary N) is 3. The summed E-state index contributed by atoms with van der Waals surface area (Å²) >= 11 is 5.21. The highest BCUT2D eigenvalue weighted by Crippen LogP contribution is 2.46. The third-order valence-electron chi connectivity index (χ3n) is 9.57. The highest BCUT2D eigenvalue weighted by atomic mass is 32.5. The van der Waals surface area contributed by atoms with Gasteiger partial charge in [0.2, 0.25) is 23.6 Å². The van der Waals surface area contributed by atoms with E-state index in [0.29, 0.717) is 118 Å². The molecule has 22 heteroatoms. The van der Waals surface area contributed by atoms with E-state index in [4.69, 9.17) is 59.0 Å². The fourth-order valence-corrected chi connectivity index (χ4v) is 7.15. The number of nitrogens with zero attached hydrogens (tertiary/aromatic N) is 1. The van der Waals surface area contributed by atoms with Crippen molar-refractivity contribution in [1.82, 2.24) is 20.9 Å². The van der Waals surface area contributed by atoms with E-state index in [-0.39, 0.29) is 70.5 Å². The van der Waals surface area contributed by atoms with Gasteiger partial charge < -0.3 is 72.9 Å². The Morgan fingerprint density at radius 1 is 0.641 bits per heavy atom. The molecule has 2 unspecified atom stereocenters. The first-order valence-electron chi connectivity index (χ1n) is 21.9. The molecule has 0 bridgehead atoms. The Bertz CT molecular complexity index is 1260. The predicted molar refractivity (Wildman–Crippen MR) is 242 cm³/mol. The molecule has 0 spiro atoms.